The highest BCUT2D eigenvalue weighted by Gasteiger charge is 2.22. The summed E-state index contributed by atoms with van der Waals surface area (Å²) in [4.78, 5) is 4.79. The van der Waals surface area contributed by atoms with Crippen molar-refractivity contribution in [1.82, 2.24) is 9.55 Å². The maximum atomic E-state index is 4.79. The Bertz CT molecular complexity index is 1020. The van der Waals surface area contributed by atoms with E-state index in [0.29, 0.717) is 0 Å². The van der Waals surface area contributed by atoms with Gasteiger partial charge in [-0.15, -0.1) is 0 Å². The standard InChI is InChI=1S/C19H15N3S/c1-2-8-15-14(6-1)7-5-11-17(15)22-13-12-21-18-10-4-3-9-16(18)20-19(21)23-22/h1-11H,12-13H2. The Morgan fingerprint density at radius 2 is 1.65 bits per heavy atom. The summed E-state index contributed by atoms with van der Waals surface area (Å²) >= 11 is 1.74. The molecule has 1 aliphatic heterocycles. The third-order valence-corrected chi connectivity index (χ3v) is 5.45. The van der Waals surface area contributed by atoms with Gasteiger partial charge < -0.3 is 8.87 Å². The van der Waals surface area contributed by atoms with E-state index in [2.05, 4.69) is 75.6 Å². The van der Waals surface area contributed by atoms with Crippen molar-refractivity contribution in [3.05, 3.63) is 66.7 Å². The lowest BCUT2D eigenvalue weighted by atomic mass is 10.1. The predicted molar refractivity (Wildman–Crippen MR) is 96.9 cm³/mol. The van der Waals surface area contributed by atoms with Crippen molar-refractivity contribution in [1.29, 1.82) is 0 Å². The van der Waals surface area contributed by atoms with Gasteiger partial charge in [-0.3, -0.25) is 0 Å². The van der Waals surface area contributed by atoms with E-state index in [1.807, 2.05) is 0 Å². The van der Waals surface area contributed by atoms with Gasteiger partial charge in [-0.25, -0.2) is 4.98 Å². The maximum absolute atomic E-state index is 4.79. The van der Waals surface area contributed by atoms with E-state index in [0.717, 1.165) is 23.8 Å². The number of fused-ring (bicyclic) bond motifs is 4. The second kappa shape index (κ2) is 5.03. The van der Waals surface area contributed by atoms with Crippen LogP contribution in [-0.4, -0.2) is 16.1 Å². The Morgan fingerprint density at radius 1 is 0.826 bits per heavy atom. The molecule has 4 heteroatoms. The predicted octanol–water partition coefficient (Wildman–Crippen LogP) is 4.72. The van der Waals surface area contributed by atoms with Gasteiger partial charge in [0.1, 0.15) is 0 Å². The van der Waals surface area contributed by atoms with Crippen LogP contribution in [0.5, 0.6) is 0 Å². The molecule has 0 radical (unpaired) electrons. The largest absolute Gasteiger partial charge is 0.316 e. The molecular weight excluding hydrogens is 302 g/mol. The molecule has 5 rings (SSSR count). The Morgan fingerprint density at radius 3 is 2.65 bits per heavy atom. The first kappa shape index (κ1) is 13.0. The van der Waals surface area contributed by atoms with Gasteiger partial charge in [-0.1, -0.05) is 48.5 Å². The SMILES string of the molecule is c1ccc2c(N3CCn4c(nc5ccccc54)S3)cccc2c1. The molecule has 0 spiro atoms. The van der Waals surface area contributed by atoms with Gasteiger partial charge in [0, 0.05) is 30.4 Å². The summed E-state index contributed by atoms with van der Waals surface area (Å²) in [6, 6.07) is 23.4. The number of anilines is 1. The lowest BCUT2D eigenvalue weighted by Crippen LogP contribution is -2.26. The second-order valence-corrected chi connectivity index (χ2v) is 6.71. The van der Waals surface area contributed by atoms with Crippen LogP contribution in [0.4, 0.5) is 5.69 Å². The molecule has 0 fully saturated rings. The fourth-order valence-electron chi connectivity index (χ4n) is 3.27. The Balaban J connectivity index is 1.61. The van der Waals surface area contributed by atoms with Crippen molar-refractivity contribution < 1.29 is 0 Å². The molecule has 0 bridgehead atoms. The van der Waals surface area contributed by atoms with Crippen LogP contribution in [0.3, 0.4) is 0 Å². The van der Waals surface area contributed by atoms with E-state index in [-0.39, 0.29) is 0 Å². The first-order valence-electron chi connectivity index (χ1n) is 7.79. The molecule has 4 aromatic rings. The van der Waals surface area contributed by atoms with Gasteiger partial charge in [0.05, 0.1) is 16.7 Å². The average molecular weight is 317 g/mol. The zero-order valence-corrected chi connectivity index (χ0v) is 13.3. The summed E-state index contributed by atoms with van der Waals surface area (Å²) in [7, 11) is 0. The first-order valence-corrected chi connectivity index (χ1v) is 8.56. The number of hydrogen-bond donors (Lipinski definition) is 0. The number of benzene rings is 3. The van der Waals surface area contributed by atoms with Crippen LogP contribution in [0.15, 0.2) is 71.9 Å². The van der Waals surface area contributed by atoms with Crippen molar-refractivity contribution in [3.63, 3.8) is 0 Å². The quantitative estimate of drug-likeness (QED) is 0.474. The fraction of sp³-hybridized carbons (Fsp3) is 0.105. The fourth-order valence-corrected chi connectivity index (χ4v) is 4.32. The number of aromatic nitrogens is 2. The van der Waals surface area contributed by atoms with E-state index in [9.17, 15) is 0 Å². The molecule has 112 valence electrons. The third-order valence-electron chi connectivity index (χ3n) is 4.37. The number of hydrogen-bond acceptors (Lipinski definition) is 3. The summed E-state index contributed by atoms with van der Waals surface area (Å²) in [5, 5.41) is 3.65. The Kier molecular flexibility index (Phi) is 2.85. The summed E-state index contributed by atoms with van der Waals surface area (Å²) in [6.45, 7) is 1.94. The summed E-state index contributed by atoms with van der Waals surface area (Å²) in [6.07, 6.45) is 0. The molecule has 23 heavy (non-hydrogen) atoms. The van der Waals surface area contributed by atoms with E-state index in [4.69, 9.17) is 4.98 Å². The Labute approximate surface area is 138 Å². The highest BCUT2D eigenvalue weighted by atomic mass is 32.2. The topological polar surface area (TPSA) is 21.1 Å². The minimum Gasteiger partial charge on any atom is -0.316 e. The summed E-state index contributed by atoms with van der Waals surface area (Å²) in [5.74, 6) is 0. The Hall–Kier alpha value is -2.46. The highest BCUT2D eigenvalue weighted by Crippen LogP contribution is 2.37. The van der Waals surface area contributed by atoms with Gasteiger partial charge in [0.2, 0.25) is 0 Å². The normalized spacial score (nSPS) is 14.3. The molecule has 0 saturated carbocycles. The molecule has 0 atom stereocenters. The molecular formula is C19H15N3S. The molecule has 0 unspecified atom stereocenters. The van der Waals surface area contributed by atoms with Crippen LogP contribution < -0.4 is 4.31 Å². The average Bonchev–Trinajstić information content (AvgIpc) is 2.99. The number of nitrogens with zero attached hydrogens (tertiary/aromatic N) is 3. The minimum absolute atomic E-state index is 0.964. The molecule has 2 heterocycles. The monoisotopic (exact) mass is 317 g/mol. The summed E-state index contributed by atoms with van der Waals surface area (Å²) < 4.78 is 4.69. The molecule has 1 aliphatic rings. The van der Waals surface area contributed by atoms with Gasteiger partial charge in [-0.2, -0.15) is 0 Å². The third kappa shape index (κ3) is 2.02. The lowest BCUT2D eigenvalue weighted by molar-refractivity contribution is 0.645. The smallest absolute Gasteiger partial charge is 0.190 e. The van der Waals surface area contributed by atoms with Crippen LogP contribution in [0.2, 0.25) is 0 Å². The van der Waals surface area contributed by atoms with E-state index >= 15 is 0 Å². The van der Waals surface area contributed by atoms with Crippen LogP contribution >= 0.6 is 11.9 Å². The zero-order chi connectivity index (χ0) is 15.2. The molecule has 3 aromatic carbocycles. The molecule has 3 nitrogen and oxygen atoms in total. The van der Waals surface area contributed by atoms with Crippen molar-refractivity contribution in [2.24, 2.45) is 0 Å². The van der Waals surface area contributed by atoms with Crippen molar-refractivity contribution in [2.45, 2.75) is 11.7 Å². The molecule has 1 aromatic heterocycles. The summed E-state index contributed by atoms with van der Waals surface area (Å²) in [5.41, 5.74) is 3.58. The minimum atomic E-state index is 0.964. The second-order valence-electron chi connectivity index (χ2n) is 5.73. The van der Waals surface area contributed by atoms with E-state index < -0.39 is 0 Å². The van der Waals surface area contributed by atoms with E-state index in [1.54, 1.807) is 11.9 Å². The van der Waals surface area contributed by atoms with Crippen LogP contribution in [0, 0.1) is 0 Å². The van der Waals surface area contributed by atoms with Crippen LogP contribution in [-0.2, 0) is 6.54 Å². The van der Waals surface area contributed by atoms with Crippen molar-refractivity contribution >= 4 is 39.4 Å². The van der Waals surface area contributed by atoms with Gasteiger partial charge in [0.25, 0.3) is 0 Å². The first-order chi connectivity index (χ1) is 11.4. The van der Waals surface area contributed by atoms with Gasteiger partial charge in [-0.05, 0) is 23.6 Å². The zero-order valence-electron chi connectivity index (χ0n) is 12.5. The maximum Gasteiger partial charge on any atom is 0.190 e. The molecule has 0 aliphatic carbocycles. The van der Waals surface area contributed by atoms with Crippen molar-refractivity contribution in [2.75, 3.05) is 10.8 Å². The van der Waals surface area contributed by atoms with E-state index in [1.165, 1.54) is 22.0 Å². The lowest BCUT2D eigenvalue weighted by Gasteiger charge is -2.29. The molecule has 0 amide bonds. The highest BCUT2D eigenvalue weighted by molar-refractivity contribution is 8.00. The van der Waals surface area contributed by atoms with Gasteiger partial charge >= 0.3 is 0 Å². The van der Waals surface area contributed by atoms with Crippen LogP contribution in [0.1, 0.15) is 0 Å². The number of imidazole rings is 1. The number of para-hydroxylation sites is 2. The van der Waals surface area contributed by atoms with Crippen LogP contribution in [0.25, 0.3) is 21.8 Å². The van der Waals surface area contributed by atoms with Gasteiger partial charge in [0.15, 0.2) is 5.16 Å². The molecule has 0 N–H and O–H groups in total. The molecule has 0 saturated heterocycles. The number of rotatable bonds is 1. The van der Waals surface area contributed by atoms with Crippen molar-refractivity contribution in [3.8, 4) is 0 Å².